The van der Waals surface area contributed by atoms with Crippen molar-refractivity contribution in [3.63, 3.8) is 0 Å². The van der Waals surface area contributed by atoms with Gasteiger partial charge in [0.25, 0.3) is 0 Å². The Balaban J connectivity index is 1.42. The van der Waals surface area contributed by atoms with Crippen LogP contribution in [-0.4, -0.2) is 45.7 Å². The van der Waals surface area contributed by atoms with E-state index >= 15 is 0 Å². The number of nitrogens with zero attached hydrogens (tertiary/aromatic N) is 3. The average Bonchev–Trinajstić information content (AvgIpc) is 3.10. The van der Waals surface area contributed by atoms with E-state index in [1.807, 2.05) is 47.6 Å². The molecule has 1 aliphatic heterocycles. The van der Waals surface area contributed by atoms with E-state index in [9.17, 15) is 4.79 Å². The molecule has 2 amide bonds. The van der Waals surface area contributed by atoms with E-state index in [0.29, 0.717) is 12.1 Å². The molecular weight excluding hydrogens is 326 g/mol. The highest BCUT2D eigenvalue weighted by Gasteiger charge is 2.23. The normalized spacial score (nSPS) is 16.5. The zero-order chi connectivity index (χ0) is 18.4. The molecule has 140 valence electrons. The van der Waals surface area contributed by atoms with Crippen LogP contribution >= 0.6 is 0 Å². The summed E-state index contributed by atoms with van der Waals surface area (Å²) in [6.45, 7) is 6.85. The van der Waals surface area contributed by atoms with Gasteiger partial charge >= 0.3 is 6.03 Å². The van der Waals surface area contributed by atoms with E-state index < -0.39 is 0 Å². The Kier molecular flexibility index (Phi) is 6.28. The lowest BCUT2D eigenvalue weighted by molar-refractivity contribution is 0.185. The third-order valence-corrected chi connectivity index (χ3v) is 4.92. The van der Waals surface area contributed by atoms with Gasteiger partial charge in [-0.3, -0.25) is 0 Å². The molecule has 6 heteroatoms. The Hall–Kier alpha value is -2.34. The molecule has 0 aliphatic carbocycles. The first-order valence-electron chi connectivity index (χ1n) is 9.52. The Morgan fingerprint density at radius 3 is 2.69 bits per heavy atom. The molecule has 1 fully saturated rings. The van der Waals surface area contributed by atoms with Crippen molar-refractivity contribution in [3.05, 3.63) is 48.5 Å². The van der Waals surface area contributed by atoms with Gasteiger partial charge in [-0.2, -0.15) is 0 Å². The number of imidazole rings is 1. The lowest BCUT2D eigenvalue weighted by atomic mass is 10.0. The standard InChI is InChI=1S/C20H29N5O/c1-3-19-21-11-14-25(19)15-16(2)22-18-9-12-24(13-10-18)20(26)23-17-7-5-4-6-8-17/h4-8,11,14,16,18,22H,3,9-10,12-13,15H2,1-2H3,(H,23,26)/t16-/m1/s1. The van der Waals surface area contributed by atoms with Gasteiger partial charge in [-0.1, -0.05) is 25.1 Å². The zero-order valence-electron chi connectivity index (χ0n) is 15.7. The molecule has 2 aromatic rings. The number of carbonyl (C=O) groups is 1. The molecular formula is C20H29N5O. The number of carbonyl (C=O) groups excluding carboxylic acids is 1. The second kappa shape index (κ2) is 8.85. The number of anilines is 1. The van der Waals surface area contributed by atoms with Crippen LogP contribution in [0.15, 0.2) is 42.7 Å². The topological polar surface area (TPSA) is 62.2 Å². The van der Waals surface area contributed by atoms with Crippen molar-refractivity contribution in [1.29, 1.82) is 0 Å². The van der Waals surface area contributed by atoms with Gasteiger partial charge in [0.2, 0.25) is 0 Å². The Labute approximate surface area is 155 Å². The molecule has 1 aromatic heterocycles. The number of aryl methyl sites for hydroxylation is 1. The average molecular weight is 355 g/mol. The van der Waals surface area contributed by atoms with Gasteiger partial charge < -0.3 is 20.1 Å². The lowest BCUT2D eigenvalue weighted by Crippen LogP contribution is -2.49. The maximum absolute atomic E-state index is 12.4. The smallest absolute Gasteiger partial charge is 0.321 e. The molecule has 0 saturated carbocycles. The number of urea groups is 1. The van der Waals surface area contributed by atoms with Gasteiger partial charge in [0.1, 0.15) is 5.82 Å². The number of aromatic nitrogens is 2. The van der Waals surface area contributed by atoms with Crippen molar-refractivity contribution in [1.82, 2.24) is 19.8 Å². The Morgan fingerprint density at radius 1 is 1.27 bits per heavy atom. The summed E-state index contributed by atoms with van der Waals surface area (Å²) in [5.41, 5.74) is 0.846. The summed E-state index contributed by atoms with van der Waals surface area (Å²) < 4.78 is 2.22. The second-order valence-electron chi connectivity index (χ2n) is 6.97. The molecule has 26 heavy (non-hydrogen) atoms. The van der Waals surface area contributed by atoms with Gasteiger partial charge in [0, 0.05) is 56.2 Å². The third-order valence-electron chi connectivity index (χ3n) is 4.92. The largest absolute Gasteiger partial charge is 0.333 e. The molecule has 0 spiro atoms. The van der Waals surface area contributed by atoms with Crippen LogP contribution in [0.4, 0.5) is 10.5 Å². The maximum atomic E-state index is 12.4. The van der Waals surface area contributed by atoms with Crippen molar-refractivity contribution in [2.24, 2.45) is 0 Å². The monoisotopic (exact) mass is 355 g/mol. The number of amides is 2. The molecule has 0 radical (unpaired) electrons. The van der Waals surface area contributed by atoms with Gasteiger partial charge in [0.15, 0.2) is 0 Å². The minimum atomic E-state index is -0.00583. The number of piperidine rings is 1. The summed E-state index contributed by atoms with van der Waals surface area (Å²) in [5, 5.41) is 6.68. The van der Waals surface area contributed by atoms with Crippen LogP contribution in [0, 0.1) is 0 Å². The van der Waals surface area contributed by atoms with Crippen molar-refractivity contribution >= 4 is 11.7 Å². The number of likely N-dealkylation sites (tertiary alicyclic amines) is 1. The van der Waals surface area contributed by atoms with Crippen LogP contribution in [0.25, 0.3) is 0 Å². The Morgan fingerprint density at radius 2 is 2.00 bits per heavy atom. The van der Waals surface area contributed by atoms with Crippen molar-refractivity contribution in [2.45, 2.75) is 51.7 Å². The first-order chi connectivity index (χ1) is 12.7. The van der Waals surface area contributed by atoms with Gasteiger partial charge in [-0.25, -0.2) is 9.78 Å². The molecule has 1 atom stereocenters. The molecule has 2 N–H and O–H groups in total. The van der Waals surface area contributed by atoms with Crippen LogP contribution in [0.5, 0.6) is 0 Å². The minimum Gasteiger partial charge on any atom is -0.333 e. The van der Waals surface area contributed by atoms with Crippen molar-refractivity contribution < 1.29 is 4.79 Å². The number of nitrogens with one attached hydrogen (secondary N) is 2. The summed E-state index contributed by atoms with van der Waals surface area (Å²) in [6, 6.07) is 10.5. The number of rotatable bonds is 6. The number of hydrogen-bond donors (Lipinski definition) is 2. The van der Waals surface area contributed by atoms with Crippen molar-refractivity contribution in [2.75, 3.05) is 18.4 Å². The fraction of sp³-hybridized carbons (Fsp3) is 0.500. The third kappa shape index (κ3) is 4.85. The molecule has 1 saturated heterocycles. The molecule has 0 bridgehead atoms. The van der Waals surface area contributed by atoms with Gasteiger partial charge in [-0.15, -0.1) is 0 Å². The summed E-state index contributed by atoms with van der Waals surface area (Å²) in [7, 11) is 0. The summed E-state index contributed by atoms with van der Waals surface area (Å²) in [5.74, 6) is 1.13. The van der Waals surface area contributed by atoms with Gasteiger partial charge in [0.05, 0.1) is 0 Å². The van der Waals surface area contributed by atoms with E-state index in [-0.39, 0.29) is 6.03 Å². The van der Waals surface area contributed by atoms with Crippen LogP contribution in [0.1, 0.15) is 32.5 Å². The van der Waals surface area contributed by atoms with Gasteiger partial charge in [-0.05, 0) is 31.9 Å². The zero-order valence-corrected chi connectivity index (χ0v) is 15.7. The first kappa shape index (κ1) is 18.5. The maximum Gasteiger partial charge on any atom is 0.321 e. The highest BCUT2D eigenvalue weighted by molar-refractivity contribution is 5.89. The second-order valence-corrected chi connectivity index (χ2v) is 6.97. The minimum absolute atomic E-state index is 0.00583. The van der Waals surface area contributed by atoms with E-state index in [1.54, 1.807) is 0 Å². The molecule has 3 rings (SSSR count). The molecule has 1 aromatic carbocycles. The van der Waals surface area contributed by atoms with E-state index in [4.69, 9.17) is 0 Å². The SMILES string of the molecule is CCc1nccn1C[C@@H](C)NC1CCN(C(=O)Nc2ccccc2)CC1. The Bertz CT molecular complexity index is 691. The highest BCUT2D eigenvalue weighted by atomic mass is 16.2. The van der Waals surface area contributed by atoms with E-state index in [1.165, 1.54) is 0 Å². The van der Waals surface area contributed by atoms with Crippen LogP contribution in [0.3, 0.4) is 0 Å². The molecule has 1 aliphatic rings. The van der Waals surface area contributed by atoms with E-state index in [0.717, 1.165) is 50.4 Å². The number of benzene rings is 1. The van der Waals surface area contributed by atoms with Crippen LogP contribution in [0.2, 0.25) is 0 Å². The molecule has 6 nitrogen and oxygen atoms in total. The van der Waals surface area contributed by atoms with Crippen LogP contribution in [-0.2, 0) is 13.0 Å². The van der Waals surface area contributed by atoms with Crippen molar-refractivity contribution in [3.8, 4) is 0 Å². The number of hydrogen-bond acceptors (Lipinski definition) is 3. The highest BCUT2D eigenvalue weighted by Crippen LogP contribution is 2.14. The molecule has 2 heterocycles. The quantitative estimate of drug-likeness (QED) is 0.837. The fourth-order valence-electron chi connectivity index (χ4n) is 3.54. The number of para-hydroxylation sites is 1. The summed E-state index contributed by atoms with van der Waals surface area (Å²) in [4.78, 5) is 18.6. The summed E-state index contributed by atoms with van der Waals surface area (Å²) in [6.07, 6.45) is 6.84. The predicted molar refractivity (Wildman–Crippen MR) is 104 cm³/mol. The lowest BCUT2D eigenvalue weighted by Gasteiger charge is -2.34. The van der Waals surface area contributed by atoms with Crippen LogP contribution < -0.4 is 10.6 Å². The summed E-state index contributed by atoms with van der Waals surface area (Å²) >= 11 is 0. The predicted octanol–water partition coefficient (Wildman–Crippen LogP) is 3.12. The van der Waals surface area contributed by atoms with E-state index in [2.05, 4.69) is 34.0 Å². The fourth-order valence-corrected chi connectivity index (χ4v) is 3.54. The first-order valence-corrected chi connectivity index (χ1v) is 9.52. The molecule has 0 unspecified atom stereocenters.